The number of carbonyl (C=O) groups excluding carboxylic acids is 1. The molecule has 20 heavy (non-hydrogen) atoms. The first kappa shape index (κ1) is 16.1. The second-order valence-electron chi connectivity index (χ2n) is 3.72. The van der Waals surface area contributed by atoms with Crippen LogP contribution >= 0.6 is 0 Å². The molecule has 0 radical (unpaired) electrons. The Morgan fingerprint density at radius 1 is 1.45 bits per heavy atom. The average Bonchev–Trinajstić information content (AvgIpc) is 2.86. The number of hydrogen-bond acceptors (Lipinski definition) is 5. The number of aromatic amines is 1. The van der Waals surface area contributed by atoms with Gasteiger partial charge in [-0.15, -0.1) is 0 Å². The van der Waals surface area contributed by atoms with Gasteiger partial charge in [0, 0.05) is 19.9 Å². The smallest absolute Gasteiger partial charge is 0.322 e. The molecule has 0 fully saturated rings. The normalized spacial score (nSPS) is 11.2. The van der Waals surface area contributed by atoms with Crippen LogP contribution < -0.4 is 10.0 Å². The minimum absolute atomic E-state index is 0.0432. The molecule has 0 aliphatic heterocycles. The second-order valence-corrected chi connectivity index (χ2v) is 5.48. The summed E-state index contributed by atoms with van der Waals surface area (Å²) in [6, 6.07) is 1.12. The maximum Gasteiger partial charge on any atom is 0.322 e. The van der Waals surface area contributed by atoms with Crippen molar-refractivity contribution in [1.82, 2.24) is 15.0 Å². The van der Waals surface area contributed by atoms with Gasteiger partial charge in [0.1, 0.15) is 17.1 Å². The minimum atomic E-state index is -3.73. The van der Waals surface area contributed by atoms with Gasteiger partial charge in [0.2, 0.25) is 10.0 Å². The number of rotatable bonds is 8. The van der Waals surface area contributed by atoms with Crippen LogP contribution in [0.5, 0.6) is 0 Å². The number of carbonyl (C=O) groups is 2. The largest absolute Gasteiger partial charge is 0.480 e. The lowest BCUT2D eigenvalue weighted by atomic mass is 10.4. The summed E-state index contributed by atoms with van der Waals surface area (Å²) in [5.74, 6) is -1.90. The zero-order chi connectivity index (χ0) is 15.2. The Bertz CT molecular complexity index is 580. The molecule has 1 rings (SSSR count). The first-order chi connectivity index (χ1) is 9.36. The van der Waals surface area contributed by atoms with Crippen molar-refractivity contribution < 1.29 is 27.9 Å². The van der Waals surface area contributed by atoms with Crippen molar-refractivity contribution in [2.75, 3.05) is 26.8 Å². The van der Waals surface area contributed by atoms with Crippen molar-refractivity contribution >= 4 is 21.9 Å². The molecular weight excluding hydrogens is 290 g/mol. The molecule has 10 heteroatoms. The van der Waals surface area contributed by atoms with E-state index >= 15 is 0 Å². The third kappa shape index (κ3) is 4.64. The third-order valence-electron chi connectivity index (χ3n) is 2.21. The quantitative estimate of drug-likeness (QED) is 0.443. The highest BCUT2D eigenvalue weighted by Gasteiger charge is 2.18. The van der Waals surface area contributed by atoms with Gasteiger partial charge in [-0.2, -0.15) is 0 Å². The van der Waals surface area contributed by atoms with E-state index in [0.29, 0.717) is 0 Å². The number of sulfonamides is 1. The highest BCUT2D eigenvalue weighted by molar-refractivity contribution is 7.89. The van der Waals surface area contributed by atoms with Crippen LogP contribution in [0.1, 0.15) is 10.5 Å². The average molecular weight is 305 g/mol. The second kappa shape index (κ2) is 7.03. The minimum Gasteiger partial charge on any atom is -0.480 e. The van der Waals surface area contributed by atoms with Crippen molar-refractivity contribution in [3.63, 3.8) is 0 Å². The van der Waals surface area contributed by atoms with E-state index in [2.05, 4.69) is 15.0 Å². The first-order valence-electron chi connectivity index (χ1n) is 5.54. The van der Waals surface area contributed by atoms with Crippen molar-refractivity contribution in [2.24, 2.45) is 0 Å². The Morgan fingerprint density at radius 2 is 2.15 bits per heavy atom. The van der Waals surface area contributed by atoms with E-state index in [9.17, 15) is 18.0 Å². The number of H-pyrrole nitrogens is 1. The fraction of sp³-hybridized carbons (Fsp3) is 0.400. The summed E-state index contributed by atoms with van der Waals surface area (Å²) in [6.45, 7) is -0.230. The summed E-state index contributed by atoms with van der Waals surface area (Å²) in [5, 5.41) is 10.5. The predicted octanol–water partition coefficient (Wildman–Crippen LogP) is -1.25. The van der Waals surface area contributed by atoms with Crippen LogP contribution in [0.3, 0.4) is 0 Å². The number of aliphatic carboxylic acids is 1. The van der Waals surface area contributed by atoms with E-state index in [-0.39, 0.29) is 23.7 Å². The number of hydrogen-bond donors (Lipinski definition) is 4. The van der Waals surface area contributed by atoms with Gasteiger partial charge in [-0.05, 0) is 6.07 Å². The molecule has 0 unspecified atom stereocenters. The van der Waals surface area contributed by atoms with Gasteiger partial charge in [0.25, 0.3) is 5.91 Å². The van der Waals surface area contributed by atoms with Gasteiger partial charge in [-0.1, -0.05) is 0 Å². The van der Waals surface area contributed by atoms with E-state index in [1.165, 1.54) is 7.11 Å². The van der Waals surface area contributed by atoms with E-state index in [0.717, 1.165) is 12.3 Å². The van der Waals surface area contributed by atoms with Crippen LogP contribution in [-0.2, 0) is 19.6 Å². The maximum atomic E-state index is 11.8. The molecule has 1 aromatic heterocycles. The number of amides is 1. The number of aromatic nitrogens is 1. The highest BCUT2D eigenvalue weighted by atomic mass is 32.2. The predicted molar refractivity (Wildman–Crippen MR) is 67.8 cm³/mol. The summed E-state index contributed by atoms with van der Waals surface area (Å²) in [7, 11) is -2.29. The summed E-state index contributed by atoms with van der Waals surface area (Å²) in [5.41, 5.74) is -0.0432. The van der Waals surface area contributed by atoms with Crippen LogP contribution in [0.15, 0.2) is 17.2 Å². The Balaban J connectivity index is 2.71. The van der Waals surface area contributed by atoms with Crippen molar-refractivity contribution in [1.29, 1.82) is 0 Å². The van der Waals surface area contributed by atoms with Gasteiger partial charge in [-0.3, -0.25) is 9.59 Å². The van der Waals surface area contributed by atoms with Crippen LogP contribution in [0.2, 0.25) is 0 Å². The van der Waals surface area contributed by atoms with Gasteiger partial charge >= 0.3 is 5.97 Å². The lowest BCUT2D eigenvalue weighted by Crippen LogP contribution is -2.29. The summed E-state index contributed by atoms with van der Waals surface area (Å²) < 4.78 is 30.6. The van der Waals surface area contributed by atoms with Crippen molar-refractivity contribution in [3.05, 3.63) is 18.0 Å². The summed E-state index contributed by atoms with van der Waals surface area (Å²) >= 11 is 0. The molecule has 0 atom stereocenters. The molecule has 0 bridgehead atoms. The van der Waals surface area contributed by atoms with Gasteiger partial charge < -0.3 is 20.1 Å². The van der Waals surface area contributed by atoms with Crippen LogP contribution in [0.25, 0.3) is 0 Å². The fourth-order valence-electron chi connectivity index (χ4n) is 1.27. The molecule has 1 heterocycles. The molecule has 0 aliphatic carbocycles. The molecule has 9 nitrogen and oxygen atoms in total. The van der Waals surface area contributed by atoms with Crippen molar-refractivity contribution in [2.45, 2.75) is 4.90 Å². The number of carboxylic acids is 1. The molecule has 0 aromatic carbocycles. The van der Waals surface area contributed by atoms with Crippen LogP contribution in [0, 0.1) is 0 Å². The van der Waals surface area contributed by atoms with Gasteiger partial charge in [-0.25, -0.2) is 13.1 Å². The zero-order valence-corrected chi connectivity index (χ0v) is 11.5. The Hall–Kier alpha value is -1.91. The summed E-state index contributed by atoms with van der Waals surface area (Å²) in [4.78, 5) is 24.2. The molecule has 4 N–H and O–H groups in total. The lowest BCUT2D eigenvalue weighted by Gasteiger charge is -2.03. The summed E-state index contributed by atoms with van der Waals surface area (Å²) in [6.07, 6.45) is 1.14. The topological polar surface area (TPSA) is 138 Å². The third-order valence-corrected chi connectivity index (χ3v) is 3.65. The monoisotopic (exact) mass is 305 g/mol. The van der Waals surface area contributed by atoms with Gasteiger partial charge in [0.15, 0.2) is 0 Å². The number of methoxy groups -OCH3 is 1. The molecular formula is C10H15N3O6S. The zero-order valence-electron chi connectivity index (χ0n) is 10.7. The molecule has 1 amide bonds. The van der Waals surface area contributed by atoms with Gasteiger partial charge in [0.05, 0.1) is 6.61 Å². The molecule has 0 spiro atoms. The maximum absolute atomic E-state index is 11.8. The highest BCUT2D eigenvalue weighted by Crippen LogP contribution is 2.10. The van der Waals surface area contributed by atoms with Crippen LogP contribution in [0.4, 0.5) is 0 Å². The Kier molecular flexibility index (Phi) is 5.67. The molecule has 0 saturated carbocycles. The van der Waals surface area contributed by atoms with E-state index in [4.69, 9.17) is 9.84 Å². The Labute approximate surface area is 115 Å². The SMILES string of the molecule is COCCNS(=O)(=O)c1c[nH]c(C(=O)NCC(=O)O)c1. The lowest BCUT2D eigenvalue weighted by molar-refractivity contribution is -0.135. The van der Waals surface area contributed by atoms with Crippen molar-refractivity contribution in [3.8, 4) is 0 Å². The van der Waals surface area contributed by atoms with E-state index < -0.39 is 28.4 Å². The number of carboxylic acid groups (broad SMARTS) is 1. The Morgan fingerprint density at radius 3 is 2.75 bits per heavy atom. The molecule has 0 aliphatic rings. The standard InChI is InChI=1S/C10H15N3O6S/c1-19-3-2-13-20(17,18)7-4-8(11-5-7)10(16)12-6-9(14)15/h4-5,11,13H,2-3,6H2,1H3,(H,12,16)(H,14,15). The first-order valence-corrected chi connectivity index (χ1v) is 7.02. The molecule has 0 saturated heterocycles. The van der Waals surface area contributed by atoms with E-state index in [1.807, 2.05) is 0 Å². The number of nitrogens with one attached hydrogen (secondary N) is 3. The van der Waals surface area contributed by atoms with E-state index in [1.54, 1.807) is 0 Å². The molecule has 1 aromatic rings. The molecule has 112 valence electrons. The van der Waals surface area contributed by atoms with Crippen LogP contribution in [-0.4, -0.2) is 57.2 Å². The fourth-order valence-corrected chi connectivity index (χ4v) is 2.28. The number of ether oxygens (including phenoxy) is 1.